The number of amides is 1. The molecule has 1 aromatic carbocycles. The van der Waals surface area contributed by atoms with Crippen LogP contribution in [0.25, 0.3) is 10.9 Å². The third kappa shape index (κ3) is 2.98. The molecule has 0 spiro atoms. The first-order valence-electron chi connectivity index (χ1n) is 7.59. The number of benzene rings is 1. The predicted octanol–water partition coefficient (Wildman–Crippen LogP) is 2.12. The number of hydrogen-bond acceptors (Lipinski definition) is 3. The Morgan fingerprint density at radius 1 is 1.36 bits per heavy atom. The van der Waals surface area contributed by atoms with Gasteiger partial charge >= 0.3 is 5.97 Å². The second-order valence-electron chi connectivity index (χ2n) is 5.78. The molecule has 2 heterocycles. The van der Waals surface area contributed by atoms with E-state index in [9.17, 15) is 9.59 Å². The van der Waals surface area contributed by atoms with E-state index >= 15 is 0 Å². The minimum absolute atomic E-state index is 0.0727. The van der Waals surface area contributed by atoms with Crippen molar-refractivity contribution in [1.29, 1.82) is 0 Å². The van der Waals surface area contributed by atoms with Crippen molar-refractivity contribution in [2.24, 2.45) is 5.92 Å². The number of fused-ring (bicyclic) bond motifs is 1. The minimum atomic E-state index is -0.216. The second-order valence-corrected chi connectivity index (χ2v) is 5.78. The molecule has 1 N–H and O–H groups in total. The van der Waals surface area contributed by atoms with Gasteiger partial charge in [-0.25, -0.2) is 0 Å². The molecular weight excluding hydrogens is 280 g/mol. The average Bonchev–Trinajstić information content (AvgIpc) is 3.02. The van der Waals surface area contributed by atoms with Crippen LogP contribution in [0.5, 0.6) is 0 Å². The van der Waals surface area contributed by atoms with Crippen molar-refractivity contribution in [3.8, 4) is 0 Å². The van der Waals surface area contributed by atoms with Crippen LogP contribution in [0.4, 0.5) is 0 Å². The van der Waals surface area contributed by atoms with Gasteiger partial charge in [-0.3, -0.25) is 9.59 Å². The molecular formula is C17H20N2O3. The number of aromatic amines is 1. The molecule has 2 aromatic rings. The number of rotatable bonds is 3. The third-order valence-electron chi connectivity index (χ3n) is 4.28. The van der Waals surface area contributed by atoms with Crippen molar-refractivity contribution in [3.05, 3.63) is 36.0 Å². The van der Waals surface area contributed by atoms with Crippen LogP contribution in [0.3, 0.4) is 0 Å². The van der Waals surface area contributed by atoms with E-state index in [1.165, 1.54) is 7.11 Å². The zero-order chi connectivity index (χ0) is 15.5. The average molecular weight is 300 g/mol. The lowest BCUT2D eigenvalue weighted by Crippen LogP contribution is -2.43. The van der Waals surface area contributed by atoms with Gasteiger partial charge in [-0.05, 0) is 42.0 Å². The Balaban J connectivity index is 1.66. The molecule has 1 aliphatic heterocycles. The van der Waals surface area contributed by atoms with Gasteiger partial charge in [0.2, 0.25) is 5.91 Å². The first-order chi connectivity index (χ1) is 10.7. The molecule has 1 unspecified atom stereocenters. The van der Waals surface area contributed by atoms with Gasteiger partial charge in [0.25, 0.3) is 0 Å². The summed E-state index contributed by atoms with van der Waals surface area (Å²) in [6.07, 6.45) is 3.91. The fourth-order valence-electron chi connectivity index (χ4n) is 3.06. The molecule has 0 radical (unpaired) electrons. The lowest BCUT2D eigenvalue weighted by Gasteiger charge is -2.31. The first kappa shape index (κ1) is 14.6. The number of carbonyl (C=O) groups excluding carboxylic acids is 2. The summed E-state index contributed by atoms with van der Waals surface area (Å²) in [5, 5.41) is 1.11. The number of piperidine rings is 1. The van der Waals surface area contributed by atoms with Gasteiger partial charge in [-0.15, -0.1) is 0 Å². The molecule has 5 nitrogen and oxygen atoms in total. The molecule has 1 saturated heterocycles. The van der Waals surface area contributed by atoms with Crippen LogP contribution < -0.4 is 0 Å². The zero-order valence-electron chi connectivity index (χ0n) is 12.7. The van der Waals surface area contributed by atoms with Crippen molar-refractivity contribution in [3.63, 3.8) is 0 Å². The largest absolute Gasteiger partial charge is 0.469 e. The van der Waals surface area contributed by atoms with Crippen molar-refractivity contribution < 1.29 is 14.3 Å². The highest BCUT2D eigenvalue weighted by atomic mass is 16.5. The maximum Gasteiger partial charge on any atom is 0.310 e. The molecule has 1 fully saturated rings. The van der Waals surface area contributed by atoms with Crippen LogP contribution in [-0.2, 0) is 20.7 Å². The van der Waals surface area contributed by atoms with Gasteiger partial charge in [0.15, 0.2) is 0 Å². The van der Waals surface area contributed by atoms with E-state index in [4.69, 9.17) is 4.74 Å². The number of likely N-dealkylation sites (tertiary alicyclic amines) is 1. The van der Waals surface area contributed by atoms with E-state index in [-0.39, 0.29) is 17.8 Å². The van der Waals surface area contributed by atoms with E-state index in [0.29, 0.717) is 13.0 Å². The number of esters is 1. The molecule has 1 amide bonds. The molecule has 1 aliphatic rings. The van der Waals surface area contributed by atoms with Crippen molar-refractivity contribution in [2.75, 3.05) is 20.2 Å². The van der Waals surface area contributed by atoms with Gasteiger partial charge in [-0.1, -0.05) is 6.07 Å². The Labute approximate surface area is 129 Å². The third-order valence-corrected chi connectivity index (χ3v) is 4.28. The number of ether oxygens (including phenoxy) is 1. The molecule has 0 aliphatic carbocycles. The molecule has 0 saturated carbocycles. The van der Waals surface area contributed by atoms with Crippen LogP contribution in [0.15, 0.2) is 30.5 Å². The number of nitrogens with one attached hydrogen (secondary N) is 1. The molecule has 3 rings (SSSR count). The molecule has 116 valence electrons. The quantitative estimate of drug-likeness (QED) is 0.883. The topological polar surface area (TPSA) is 62.4 Å². The van der Waals surface area contributed by atoms with Crippen molar-refractivity contribution >= 4 is 22.8 Å². The highest BCUT2D eigenvalue weighted by Crippen LogP contribution is 2.20. The summed E-state index contributed by atoms with van der Waals surface area (Å²) in [6, 6.07) is 7.99. The van der Waals surface area contributed by atoms with Gasteiger partial charge in [0.1, 0.15) is 0 Å². The normalized spacial score (nSPS) is 18.4. The van der Waals surface area contributed by atoms with E-state index < -0.39 is 0 Å². The second kappa shape index (κ2) is 6.22. The summed E-state index contributed by atoms with van der Waals surface area (Å²) in [4.78, 5) is 29.0. The summed E-state index contributed by atoms with van der Waals surface area (Å²) in [5.41, 5.74) is 2.07. The van der Waals surface area contributed by atoms with Crippen LogP contribution in [0.2, 0.25) is 0 Å². The number of methoxy groups -OCH3 is 1. The van der Waals surface area contributed by atoms with Gasteiger partial charge in [0, 0.05) is 24.8 Å². The van der Waals surface area contributed by atoms with Crippen LogP contribution in [0, 0.1) is 5.92 Å². The number of carbonyl (C=O) groups is 2. The Morgan fingerprint density at radius 2 is 2.23 bits per heavy atom. The molecule has 0 bridgehead atoms. The molecule has 1 atom stereocenters. The van der Waals surface area contributed by atoms with Crippen LogP contribution >= 0.6 is 0 Å². The Morgan fingerprint density at radius 3 is 3.05 bits per heavy atom. The zero-order valence-corrected chi connectivity index (χ0v) is 12.7. The summed E-state index contributed by atoms with van der Waals surface area (Å²) < 4.78 is 4.79. The number of nitrogens with zero attached hydrogens (tertiary/aromatic N) is 1. The standard InChI is InChI=1S/C17H20N2O3/c1-22-17(21)14-3-2-8-19(11-14)16(20)10-12-4-5-15-13(9-12)6-7-18-15/h4-7,9,14,18H,2-3,8,10-11H2,1H3. The predicted molar refractivity (Wildman–Crippen MR) is 83.3 cm³/mol. The fourth-order valence-corrected chi connectivity index (χ4v) is 3.06. The highest BCUT2D eigenvalue weighted by Gasteiger charge is 2.28. The summed E-state index contributed by atoms with van der Waals surface area (Å²) in [6.45, 7) is 1.19. The number of hydrogen-bond donors (Lipinski definition) is 1. The summed E-state index contributed by atoms with van der Waals surface area (Å²) >= 11 is 0. The highest BCUT2D eigenvalue weighted by molar-refractivity contribution is 5.84. The summed E-state index contributed by atoms with van der Waals surface area (Å²) in [7, 11) is 1.40. The lowest BCUT2D eigenvalue weighted by atomic mass is 9.97. The van der Waals surface area contributed by atoms with E-state index in [1.54, 1.807) is 4.90 Å². The molecule has 22 heavy (non-hydrogen) atoms. The van der Waals surface area contributed by atoms with Gasteiger partial charge < -0.3 is 14.6 Å². The lowest BCUT2D eigenvalue weighted by molar-refractivity contribution is -0.148. The maximum atomic E-state index is 12.5. The van der Waals surface area contributed by atoms with E-state index in [0.717, 1.165) is 35.9 Å². The first-order valence-corrected chi connectivity index (χ1v) is 7.59. The van der Waals surface area contributed by atoms with Gasteiger partial charge in [0.05, 0.1) is 19.4 Å². The van der Waals surface area contributed by atoms with Crippen LogP contribution in [-0.4, -0.2) is 42.0 Å². The molecule has 1 aromatic heterocycles. The maximum absolute atomic E-state index is 12.5. The van der Waals surface area contributed by atoms with Crippen molar-refractivity contribution in [1.82, 2.24) is 9.88 Å². The Bertz CT molecular complexity index is 692. The summed E-state index contributed by atoms with van der Waals surface area (Å²) in [5.74, 6) is -0.329. The Hall–Kier alpha value is -2.30. The number of H-pyrrole nitrogens is 1. The van der Waals surface area contributed by atoms with Crippen LogP contribution in [0.1, 0.15) is 18.4 Å². The van der Waals surface area contributed by atoms with Gasteiger partial charge in [-0.2, -0.15) is 0 Å². The van der Waals surface area contributed by atoms with E-state index in [2.05, 4.69) is 4.98 Å². The van der Waals surface area contributed by atoms with Crippen molar-refractivity contribution in [2.45, 2.75) is 19.3 Å². The number of aromatic nitrogens is 1. The monoisotopic (exact) mass is 300 g/mol. The van der Waals surface area contributed by atoms with E-state index in [1.807, 2.05) is 30.5 Å². The molecule has 5 heteroatoms. The Kier molecular flexibility index (Phi) is 4.13. The smallest absolute Gasteiger partial charge is 0.310 e. The minimum Gasteiger partial charge on any atom is -0.469 e. The SMILES string of the molecule is COC(=O)C1CCCN(C(=O)Cc2ccc3[nH]ccc3c2)C1. The fraction of sp³-hybridized carbons (Fsp3) is 0.412.